The first-order valence-corrected chi connectivity index (χ1v) is 8.19. The SMILES string of the molecule is CNC1CCCc2sc(-c3cccc4cccnc34)nc21. The molecule has 1 aliphatic carbocycles. The van der Waals surface area contributed by atoms with Crippen LogP contribution in [0.4, 0.5) is 0 Å². The van der Waals surface area contributed by atoms with Gasteiger partial charge < -0.3 is 5.32 Å². The van der Waals surface area contributed by atoms with E-state index in [1.54, 1.807) is 0 Å². The summed E-state index contributed by atoms with van der Waals surface area (Å²) in [5.41, 5.74) is 3.45. The molecular formula is C17H17N3S. The second-order valence-corrected chi connectivity index (χ2v) is 6.53. The van der Waals surface area contributed by atoms with E-state index in [0.29, 0.717) is 6.04 Å². The summed E-state index contributed by atoms with van der Waals surface area (Å²) in [7, 11) is 2.03. The number of aryl methyl sites for hydroxylation is 1. The molecule has 0 bridgehead atoms. The quantitative estimate of drug-likeness (QED) is 0.777. The number of nitrogens with zero attached hydrogens (tertiary/aromatic N) is 2. The maximum absolute atomic E-state index is 4.94. The van der Waals surface area contributed by atoms with Crippen molar-refractivity contribution in [3.8, 4) is 10.6 Å². The number of rotatable bonds is 2. The monoisotopic (exact) mass is 295 g/mol. The lowest BCUT2D eigenvalue weighted by molar-refractivity contribution is 0.490. The van der Waals surface area contributed by atoms with Crippen LogP contribution in [-0.2, 0) is 6.42 Å². The van der Waals surface area contributed by atoms with Crippen molar-refractivity contribution in [2.45, 2.75) is 25.3 Å². The number of benzene rings is 1. The Kier molecular flexibility index (Phi) is 3.20. The van der Waals surface area contributed by atoms with Crippen molar-refractivity contribution in [2.24, 2.45) is 0 Å². The van der Waals surface area contributed by atoms with Gasteiger partial charge in [0.2, 0.25) is 0 Å². The highest BCUT2D eigenvalue weighted by Gasteiger charge is 2.24. The number of para-hydroxylation sites is 1. The van der Waals surface area contributed by atoms with Crippen molar-refractivity contribution in [1.29, 1.82) is 0 Å². The number of hydrogen-bond acceptors (Lipinski definition) is 4. The van der Waals surface area contributed by atoms with E-state index in [1.807, 2.05) is 30.6 Å². The molecule has 0 spiro atoms. The van der Waals surface area contributed by atoms with Crippen LogP contribution >= 0.6 is 11.3 Å². The lowest BCUT2D eigenvalue weighted by Gasteiger charge is -2.19. The predicted octanol–water partition coefficient (Wildman–Crippen LogP) is 3.96. The molecule has 2 heterocycles. The Morgan fingerprint density at radius 3 is 3.05 bits per heavy atom. The van der Waals surface area contributed by atoms with E-state index in [9.17, 15) is 0 Å². The molecular weight excluding hydrogens is 278 g/mol. The third kappa shape index (κ3) is 2.15. The van der Waals surface area contributed by atoms with Gasteiger partial charge in [-0.2, -0.15) is 0 Å². The van der Waals surface area contributed by atoms with Gasteiger partial charge in [0, 0.05) is 22.0 Å². The van der Waals surface area contributed by atoms with Crippen molar-refractivity contribution < 1.29 is 0 Å². The zero-order valence-electron chi connectivity index (χ0n) is 12.0. The lowest BCUT2D eigenvalue weighted by Crippen LogP contribution is -2.21. The maximum Gasteiger partial charge on any atom is 0.126 e. The smallest absolute Gasteiger partial charge is 0.126 e. The van der Waals surface area contributed by atoms with Crippen LogP contribution in [0, 0.1) is 0 Å². The molecule has 3 nitrogen and oxygen atoms in total. The van der Waals surface area contributed by atoms with Gasteiger partial charge in [0.25, 0.3) is 0 Å². The van der Waals surface area contributed by atoms with Gasteiger partial charge >= 0.3 is 0 Å². The Bertz CT molecular complexity index is 788. The molecule has 1 N–H and O–H groups in total. The van der Waals surface area contributed by atoms with Crippen LogP contribution in [0.5, 0.6) is 0 Å². The number of hydrogen-bond donors (Lipinski definition) is 1. The minimum absolute atomic E-state index is 0.404. The molecule has 21 heavy (non-hydrogen) atoms. The summed E-state index contributed by atoms with van der Waals surface area (Å²) in [6.07, 6.45) is 5.44. The molecule has 2 aromatic heterocycles. The first kappa shape index (κ1) is 12.9. The first-order chi connectivity index (χ1) is 10.4. The van der Waals surface area contributed by atoms with Crippen molar-refractivity contribution >= 4 is 22.2 Å². The largest absolute Gasteiger partial charge is 0.312 e. The molecule has 1 aromatic carbocycles. The van der Waals surface area contributed by atoms with E-state index in [-0.39, 0.29) is 0 Å². The average Bonchev–Trinajstić information content (AvgIpc) is 2.98. The van der Waals surface area contributed by atoms with Crippen LogP contribution in [-0.4, -0.2) is 17.0 Å². The molecule has 1 atom stereocenters. The van der Waals surface area contributed by atoms with Crippen LogP contribution < -0.4 is 5.32 Å². The third-order valence-corrected chi connectivity index (χ3v) is 5.33. The highest BCUT2D eigenvalue weighted by molar-refractivity contribution is 7.15. The third-order valence-electron chi connectivity index (χ3n) is 4.17. The van der Waals surface area contributed by atoms with E-state index in [2.05, 4.69) is 34.6 Å². The van der Waals surface area contributed by atoms with Crippen LogP contribution in [0.15, 0.2) is 36.5 Å². The molecule has 1 aliphatic rings. The molecule has 0 fully saturated rings. The van der Waals surface area contributed by atoms with Crippen LogP contribution in [0.3, 0.4) is 0 Å². The molecule has 3 aromatic rings. The number of thiazole rings is 1. The lowest BCUT2D eigenvalue weighted by atomic mass is 9.98. The van der Waals surface area contributed by atoms with E-state index < -0.39 is 0 Å². The molecule has 1 unspecified atom stereocenters. The van der Waals surface area contributed by atoms with Gasteiger partial charge in [0.15, 0.2) is 0 Å². The summed E-state index contributed by atoms with van der Waals surface area (Å²) in [5, 5.41) is 5.67. The number of fused-ring (bicyclic) bond motifs is 2. The fraction of sp³-hybridized carbons (Fsp3) is 0.294. The van der Waals surface area contributed by atoms with Crippen LogP contribution in [0.2, 0.25) is 0 Å². The Morgan fingerprint density at radius 1 is 1.24 bits per heavy atom. The zero-order valence-corrected chi connectivity index (χ0v) is 12.8. The molecule has 0 aliphatic heterocycles. The molecule has 0 saturated carbocycles. The van der Waals surface area contributed by atoms with Crippen molar-refractivity contribution in [2.75, 3.05) is 7.05 Å². The van der Waals surface area contributed by atoms with E-state index in [4.69, 9.17) is 4.98 Å². The summed E-state index contributed by atoms with van der Waals surface area (Å²) < 4.78 is 0. The summed E-state index contributed by atoms with van der Waals surface area (Å²) in [4.78, 5) is 10.9. The molecule has 0 saturated heterocycles. The molecule has 4 rings (SSSR count). The van der Waals surface area contributed by atoms with Crippen molar-refractivity contribution in [3.63, 3.8) is 0 Å². The number of nitrogens with one attached hydrogen (secondary N) is 1. The highest BCUT2D eigenvalue weighted by atomic mass is 32.1. The van der Waals surface area contributed by atoms with Crippen LogP contribution in [0.1, 0.15) is 29.5 Å². The Hall–Kier alpha value is -1.78. The maximum atomic E-state index is 4.94. The summed E-state index contributed by atoms with van der Waals surface area (Å²) in [6.45, 7) is 0. The Labute approximate surface area is 128 Å². The van der Waals surface area contributed by atoms with Gasteiger partial charge in [-0.3, -0.25) is 4.98 Å². The van der Waals surface area contributed by atoms with Gasteiger partial charge in [0.05, 0.1) is 17.3 Å². The zero-order chi connectivity index (χ0) is 14.2. The van der Waals surface area contributed by atoms with E-state index >= 15 is 0 Å². The standard InChI is InChI=1S/C17H17N3S/c1-18-13-8-3-9-14-16(13)20-17(21-14)12-7-2-5-11-6-4-10-19-15(11)12/h2,4-7,10,13,18H,3,8-9H2,1H3. The van der Waals surface area contributed by atoms with Gasteiger partial charge in [-0.15, -0.1) is 11.3 Å². The first-order valence-electron chi connectivity index (χ1n) is 7.38. The topological polar surface area (TPSA) is 37.8 Å². The Morgan fingerprint density at radius 2 is 2.14 bits per heavy atom. The average molecular weight is 295 g/mol. The van der Waals surface area contributed by atoms with Crippen molar-refractivity contribution in [3.05, 3.63) is 47.1 Å². The fourth-order valence-electron chi connectivity index (χ4n) is 3.09. The summed E-state index contributed by atoms with van der Waals surface area (Å²) in [5.74, 6) is 0. The van der Waals surface area contributed by atoms with Gasteiger partial charge in [-0.1, -0.05) is 18.2 Å². The summed E-state index contributed by atoms with van der Waals surface area (Å²) >= 11 is 1.83. The predicted molar refractivity (Wildman–Crippen MR) is 87.6 cm³/mol. The second-order valence-electron chi connectivity index (χ2n) is 5.44. The number of pyridine rings is 1. The highest BCUT2D eigenvalue weighted by Crippen LogP contribution is 2.38. The van der Waals surface area contributed by atoms with Gasteiger partial charge in [-0.25, -0.2) is 4.98 Å². The second kappa shape index (κ2) is 5.20. The Balaban J connectivity index is 1.88. The van der Waals surface area contributed by atoms with Gasteiger partial charge in [-0.05, 0) is 38.4 Å². The normalized spacial score (nSPS) is 17.9. The van der Waals surface area contributed by atoms with Crippen molar-refractivity contribution in [1.82, 2.24) is 15.3 Å². The molecule has 0 radical (unpaired) electrons. The molecule has 4 heteroatoms. The molecule has 0 amide bonds. The minimum Gasteiger partial charge on any atom is -0.312 e. The number of aromatic nitrogens is 2. The van der Waals surface area contributed by atoms with Crippen LogP contribution in [0.25, 0.3) is 21.5 Å². The minimum atomic E-state index is 0.404. The van der Waals surface area contributed by atoms with E-state index in [1.165, 1.54) is 28.8 Å². The fourth-order valence-corrected chi connectivity index (χ4v) is 4.28. The summed E-state index contributed by atoms with van der Waals surface area (Å²) in [6, 6.07) is 10.8. The molecule has 106 valence electrons. The van der Waals surface area contributed by atoms with Gasteiger partial charge in [0.1, 0.15) is 5.01 Å². The van der Waals surface area contributed by atoms with E-state index in [0.717, 1.165) is 22.5 Å².